The summed E-state index contributed by atoms with van der Waals surface area (Å²) >= 11 is 0. The zero-order valence-electron chi connectivity index (χ0n) is 15.7. The number of hydrogen-bond acceptors (Lipinski definition) is 2. The number of allylic oxidation sites excluding steroid dienone is 4. The van der Waals surface area contributed by atoms with Crippen LogP contribution in [-0.4, -0.2) is 18.0 Å². The van der Waals surface area contributed by atoms with E-state index in [0.717, 1.165) is 32.1 Å². The van der Waals surface area contributed by atoms with Crippen LogP contribution in [0.5, 0.6) is 0 Å². The Balaban J connectivity index is 3.69. The van der Waals surface area contributed by atoms with E-state index >= 15 is 0 Å². The van der Waals surface area contributed by atoms with Crippen molar-refractivity contribution in [1.29, 1.82) is 0 Å². The highest BCUT2D eigenvalue weighted by Crippen LogP contribution is 2.16. The second kappa shape index (κ2) is 12.9. The quantitative estimate of drug-likeness (QED) is 0.361. The third kappa shape index (κ3) is 14.3. The molecule has 0 aliphatic carbocycles. The second-order valence-corrected chi connectivity index (χ2v) is 7.28. The normalized spacial score (nSPS) is 15.0. The summed E-state index contributed by atoms with van der Waals surface area (Å²) in [7, 11) is 0. The summed E-state index contributed by atoms with van der Waals surface area (Å²) in [6.07, 6.45) is 10.3. The average molecular weight is 311 g/mol. The van der Waals surface area contributed by atoms with Gasteiger partial charge in [-0.2, -0.15) is 0 Å². The fourth-order valence-corrected chi connectivity index (χ4v) is 2.39. The van der Waals surface area contributed by atoms with Crippen LogP contribution in [0.25, 0.3) is 0 Å². The summed E-state index contributed by atoms with van der Waals surface area (Å²) in [6.45, 7) is 13.6. The highest BCUT2D eigenvalue weighted by atomic mass is 16.6. The third-order valence-corrected chi connectivity index (χ3v) is 3.95. The molecule has 0 heterocycles. The van der Waals surface area contributed by atoms with Crippen molar-refractivity contribution in [2.45, 2.75) is 86.4 Å². The predicted molar refractivity (Wildman–Crippen MR) is 96.9 cm³/mol. The Kier molecular flexibility index (Phi) is 12.5. The summed E-state index contributed by atoms with van der Waals surface area (Å²) in [5, 5.41) is 9.94. The molecule has 1 N–H and O–H groups in total. The second-order valence-electron chi connectivity index (χ2n) is 7.28. The first kappa shape index (κ1) is 21.4. The van der Waals surface area contributed by atoms with Crippen LogP contribution in [0, 0.1) is 11.8 Å². The van der Waals surface area contributed by atoms with Gasteiger partial charge in [0.2, 0.25) is 0 Å². The molecule has 0 saturated carbocycles. The van der Waals surface area contributed by atoms with E-state index in [1.807, 2.05) is 0 Å². The van der Waals surface area contributed by atoms with Gasteiger partial charge < -0.3 is 9.84 Å². The van der Waals surface area contributed by atoms with E-state index in [4.69, 9.17) is 4.74 Å². The summed E-state index contributed by atoms with van der Waals surface area (Å²) in [6, 6.07) is 0. The van der Waals surface area contributed by atoms with Gasteiger partial charge in [-0.3, -0.25) is 0 Å². The van der Waals surface area contributed by atoms with E-state index in [9.17, 15) is 5.11 Å². The van der Waals surface area contributed by atoms with Gasteiger partial charge in [0, 0.05) is 13.0 Å². The molecule has 0 fully saturated rings. The van der Waals surface area contributed by atoms with Crippen molar-refractivity contribution in [3.63, 3.8) is 0 Å². The van der Waals surface area contributed by atoms with Gasteiger partial charge in [0.15, 0.2) is 6.29 Å². The molecule has 0 saturated heterocycles. The van der Waals surface area contributed by atoms with Gasteiger partial charge in [0.1, 0.15) is 0 Å². The highest BCUT2D eigenvalue weighted by molar-refractivity contribution is 4.93. The van der Waals surface area contributed by atoms with Crippen LogP contribution in [-0.2, 0) is 4.74 Å². The molecule has 0 aliphatic rings. The van der Waals surface area contributed by atoms with Crippen molar-refractivity contribution in [2.24, 2.45) is 11.8 Å². The Bertz CT molecular complexity index is 323. The predicted octanol–water partition coefficient (Wildman–Crippen LogP) is 5.87. The minimum atomic E-state index is -0.605. The van der Waals surface area contributed by atoms with E-state index in [2.05, 4.69) is 53.7 Å². The van der Waals surface area contributed by atoms with Crippen molar-refractivity contribution in [1.82, 2.24) is 0 Å². The lowest BCUT2D eigenvalue weighted by atomic mass is 10.0. The van der Waals surface area contributed by atoms with E-state index in [1.54, 1.807) is 0 Å². The molecule has 0 aromatic carbocycles. The molecule has 0 aliphatic heterocycles. The summed E-state index contributed by atoms with van der Waals surface area (Å²) in [5.41, 5.74) is 2.76. The van der Waals surface area contributed by atoms with Gasteiger partial charge >= 0.3 is 0 Å². The summed E-state index contributed by atoms with van der Waals surface area (Å²) in [4.78, 5) is 0. The molecule has 0 aromatic heterocycles. The molecule has 130 valence electrons. The molecule has 0 aromatic rings. The molecular weight excluding hydrogens is 272 g/mol. The van der Waals surface area contributed by atoms with Crippen LogP contribution in [0.15, 0.2) is 23.3 Å². The molecule has 0 rings (SSSR count). The smallest absolute Gasteiger partial charge is 0.154 e. The minimum absolute atomic E-state index is 0.501. The number of aliphatic hydroxyl groups excluding tert-OH is 1. The van der Waals surface area contributed by atoms with E-state index < -0.39 is 6.29 Å². The molecule has 2 heteroatoms. The lowest BCUT2D eigenvalue weighted by Gasteiger charge is -2.18. The lowest BCUT2D eigenvalue weighted by Crippen LogP contribution is -2.17. The molecule has 2 nitrogen and oxygen atoms in total. The van der Waals surface area contributed by atoms with Crippen LogP contribution in [0.2, 0.25) is 0 Å². The Morgan fingerprint density at radius 1 is 0.864 bits per heavy atom. The molecule has 1 unspecified atom stereocenters. The van der Waals surface area contributed by atoms with Crippen LogP contribution in [0.1, 0.15) is 80.1 Å². The van der Waals surface area contributed by atoms with Gasteiger partial charge in [-0.25, -0.2) is 0 Å². The Hall–Kier alpha value is -0.600. The van der Waals surface area contributed by atoms with Crippen molar-refractivity contribution in [3.8, 4) is 0 Å². The zero-order chi connectivity index (χ0) is 17.0. The number of ether oxygens (including phenoxy) is 1. The molecule has 0 spiro atoms. The maximum atomic E-state index is 9.94. The third-order valence-electron chi connectivity index (χ3n) is 3.95. The van der Waals surface area contributed by atoms with Crippen molar-refractivity contribution in [3.05, 3.63) is 23.3 Å². The topological polar surface area (TPSA) is 29.5 Å². The summed E-state index contributed by atoms with van der Waals surface area (Å²) < 4.78 is 5.56. The van der Waals surface area contributed by atoms with E-state index in [-0.39, 0.29) is 0 Å². The first-order valence-electron chi connectivity index (χ1n) is 8.87. The molecule has 0 radical (unpaired) electrons. The fraction of sp³-hybridized carbons (Fsp3) is 0.800. The first-order valence-corrected chi connectivity index (χ1v) is 8.87. The van der Waals surface area contributed by atoms with Gasteiger partial charge in [-0.15, -0.1) is 0 Å². The largest absolute Gasteiger partial charge is 0.368 e. The van der Waals surface area contributed by atoms with Gasteiger partial charge in [0.05, 0.1) is 0 Å². The van der Waals surface area contributed by atoms with Crippen LogP contribution in [0.3, 0.4) is 0 Å². The van der Waals surface area contributed by atoms with Crippen LogP contribution < -0.4 is 0 Å². The van der Waals surface area contributed by atoms with E-state index in [0.29, 0.717) is 18.4 Å². The van der Waals surface area contributed by atoms with E-state index in [1.165, 1.54) is 17.6 Å². The van der Waals surface area contributed by atoms with Crippen molar-refractivity contribution >= 4 is 0 Å². The fourth-order valence-electron chi connectivity index (χ4n) is 2.39. The number of aliphatic hydroxyl groups is 1. The van der Waals surface area contributed by atoms with Crippen molar-refractivity contribution < 1.29 is 9.84 Å². The molecular formula is C20H38O2. The minimum Gasteiger partial charge on any atom is -0.368 e. The molecule has 0 bridgehead atoms. The molecule has 3 atom stereocenters. The Morgan fingerprint density at radius 3 is 1.86 bits per heavy atom. The van der Waals surface area contributed by atoms with Gasteiger partial charge in [-0.1, -0.05) is 37.1 Å². The van der Waals surface area contributed by atoms with Crippen molar-refractivity contribution in [2.75, 3.05) is 6.61 Å². The monoisotopic (exact) mass is 310 g/mol. The first-order chi connectivity index (χ1) is 10.3. The molecule has 0 amide bonds. The standard InChI is InChI=1S/C20H38O2/c1-16(2)9-7-11-18(5)13-14-22-20(21)15-19(6)12-8-10-17(3)4/h9-10,18-21H,7-8,11-15H2,1-6H3/t18-,19?,20+/m1/s1. The van der Waals surface area contributed by atoms with Gasteiger partial charge in [-0.05, 0) is 71.6 Å². The van der Waals surface area contributed by atoms with Crippen LogP contribution in [0.4, 0.5) is 0 Å². The maximum Gasteiger partial charge on any atom is 0.154 e. The number of hydrogen-bond donors (Lipinski definition) is 1. The SMILES string of the molecule is CC(C)=CCCC(C)C[C@@H](O)OCC[C@H](C)CCC=C(C)C. The lowest BCUT2D eigenvalue weighted by molar-refractivity contribution is -0.113. The van der Waals surface area contributed by atoms with Gasteiger partial charge in [0.25, 0.3) is 0 Å². The highest BCUT2D eigenvalue weighted by Gasteiger charge is 2.11. The summed E-state index contributed by atoms with van der Waals surface area (Å²) in [5.74, 6) is 1.15. The number of rotatable bonds is 12. The average Bonchev–Trinajstić information content (AvgIpc) is 2.37. The maximum absolute atomic E-state index is 9.94. The zero-order valence-corrected chi connectivity index (χ0v) is 15.7. The Labute approximate surface area is 138 Å². The van der Waals surface area contributed by atoms with Crippen LogP contribution >= 0.6 is 0 Å². The molecule has 22 heavy (non-hydrogen) atoms. The Morgan fingerprint density at radius 2 is 1.36 bits per heavy atom.